The van der Waals surface area contributed by atoms with E-state index in [4.69, 9.17) is 22.1 Å². The van der Waals surface area contributed by atoms with Crippen LogP contribution >= 0.6 is 11.6 Å². The van der Waals surface area contributed by atoms with Crippen molar-refractivity contribution in [2.45, 2.75) is 18.9 Å². The highest BCUT2D eigenvalue weighted by Crippen LogP contribution is 2.22. The van der Waals surface area contributed by atoms with Crippen LogP contribution in [-0.4, -0.2) is 13.7 Å². The molecule has 1 aromatic rings. The lowest BCUT2D eigenvalue weighted by Crippen LogP contribution is -2.11. The van der Waals surface area contributed by atoms with Gasteiger partial charge in [0.1, 0.15) is 5.82 Å². The standard InChI is InChI=1S/C11H15ClFNO/c1-15-6-2-3-11(14)8-4-5-10(13)9(12)7-8/h4-5,7,11H,2-3,6,14H2,1H3. The molecule has 15 heavy (non-hydrogen) atoms. The highest BCUT2D eigenvalue weighted by Gasteiger charge is 2.08. The molecule has 4 heteroatoms. The van der Waals surface area contributed by atoms with Gasteiger partial charge in [0.05, 0.1) is 5.02 Å². The monoisotopic (exact) mass is 231 g/mol. The van der Waals surface area contributed by atoms with Crippen molar-refractivity contribution >= 4 is 11.6 Å². The molecule has 84 valence electrons. The largest absolute Gasteiger partial charge is 0.385 e. The number of benzene rings is 1. The molecule has 2 nitrogen and oxygen atoms in total. The van der Waals surface area contributed by atoms with Crippen LogP contribution in [0.3, 0.4) is 0 Å². The van der Waals surface area contributed by atoms with Gasteiger partial charge in [0.15, 0.2) is 0 Å². The number of methoxy groups -OCH3 is 1. The highest BCUT2D eigenvalue weighted by molar-refractivity contribution is 6.30. The first kappa shape index (κ1) is 12.4. The van der Waals surface area contributed by atoms with Crippen LogP contribution in [0.25, 0.3) is 0 Å². The summed E-state index contributed by atoms with van der Waals surface area (Å²) in [6.45, 7) is 0.683. The van der Waals surface area contributed by atoms with E-state index in [1.807, 2.05) is 0 Å². The molecule has 1 unspecified atom stereocenters. The maximum absolute atomic E-state index is 12.9. The van der Waals surface area contributed by atoms with Crippen LogP contribution < -0.4 is 5.73 Å². The summed E-state index contributed by atoms with van der Waals surface area (Å²) in [6.07, 6.45) is 1.68. The summed E-state index contributed by atoms with van der Waals surface area (Å²) >= 11 is 5.66. The second kappa shape index (κ2) is 6.05. The first-order chi connectivity index (χ1) is 7.15. The first-order valence-corrected chi connectivity index (χ1v) is 5.22. The lowest BCUT2D eigenvalue weighted by Gasteiger charge is -2.12. The van der Waals surface area contributed by atoms with Gasteiger partial charge < -0.3 is 10.5 Å². The van der Waals surface area contributed by atoms with Gasteiger partial charge in [-0.25, -0.2) is 4.39 Å². The third-order valence-corrected chi connectivity index (χ3v) is 2.53. The molecule has 2 N–H and O–H groups in total. The van der Waals surface area contributed by atoms with Crippen LogP contribution in [0.5, 0.6) is 0 Å². The smallest absolute Gasteiger partial charge is 0.141 e. The van der Waals surface area contributed by atoms with E-state index in [1.54, 1.807) is 19.2 Å². The maximum Gasteiger partial charge on any atom is 0.141 e. The summed E-state index contributed by atoms with van der Waals surface area (Å²) < 4.78 is 17.8. The van der Waals surface area contributed by atoms with Gasteiger partial charge in [0, 0.05) is 19.8 Å². The average Bonchev–Trinajstić information content (AvgIpc) is 2.22. The normalized spacial score (nSPS) is 12.8. The van der Waals surface area contributed by atoms with E-state index in [1.165, 1.54) is 6.07 Å². The van der Waals surface area contributed by atoms with Crippen LogP contribution in [0.1, 0.15) is 24.4 Å². The van der Waals surface area contributed by atoms with Gasteiger partial charge in [-0.15, -0.1) is 0 Å². The molecule has 0 spiro atoms. The van der Waals surface area contributed by atoms with E-state index in [0.29, 0.717) is 6.61 Å². The van der Waals surface area contributed by atoms with E-state index in [9.17, 15) is 4.39 Å². The van der Waals surface area contributed by atoms with E-state index in [2.05, 4.69) is 0 Å². The summed E-state index contributed by atoms with van der Waals surface area (Å²) in [6, 6.07) is 4.47. The molecule has 0 aliphatic carbocycles. The quantitative estimate of drug-likeness (QED) is 0.791. The summed E-state index contributed by atoms with van der Waals surface area (Å²) in [5, 5.41) is 0.120. The number of halogens is 2. The van der Waals surface area contributed by atoms with Crippen LogP contribution in [-0.2, 0) is 4.74 Å². The topological polar surface area (TPSA) is 35.2 Å². The van der Waals surface area contributed by atoms with Gasteiger partial charge in [-0.2, -0.15) is 0 Å². The van der Waals surface area contributed by atoms with Crippen LogP contribution in [0.15, 0.2) is 18.2 Å². The number of ether oxygens (including phenoxy) is 1. The lowest BCUT2D eigenvalue weighted by atomic mass is 10.0. The van der Waals surface area contributed by atoms with Crippen molar-refractivity contribution in [1.29, 1.82) is 0 Å². The Bertz CT molecular complexity index is 319. The molecule has 0 bridgehead atoms. The predicted molar refractivity (Wildman–Crippen MR) is 59.4 cm³/mol. The maximum atomic E-state index is 12.9. The fourth-order valence-corrected chi connectivity index (χ4v) is 1.55. The zero-order chi connectivity index (χ0) is 11.3. The molecular formula is C11H15ClFNO. The zero-order valence-electron chi connectivity index (χ0n) is 8.67. The Kier molecular flexibility index (Phi) is 5.02. The SMILES string of the molecule is COCCCC(N)c1ccc(F)c(Cl)c1. The molecule has 0 fully saturated rings. The van der Waals surface area contributed by atoms with Crippen LogP contribution in [0.2, 0.25) is 5.02 Å². The molecule has 0 heterocycles. The fraction of sp³-hybridized carbons (Fsp3) is 0.455. The summed E-state index contributed by atoms with van der Waals surface area (Å²) in [7, 11) is 1.65. The van der Waals surface area contributed by atoms with E-state index in [0.717, 1.165) is 18.4 Å². The molecule has 0 radical (unpaired) electrons. The van der Waals surface area contributed by atoms with Crippen molar-refractivity contribution in [3.8, 4) is 0 Å². The Hall–Kier alpha value is -0.640. The van der Waals surface area contributed by atoms with Crippen molar-refractivity contribution in [2.75, 3.05) is 13.7 Å². The fourth-order valence-electron chi connectivity index (χ4n) is 1.36. The molecule has 0 aliphatic rings. The van der Waals surface area contributed by atoms with Gasteiger partial charge in [0.2, 0.25) is 0 Å². The zero-order valence-corrected chi connectivity index (χ0v) is 9.43. The van der Waals surface area contributed by atoms with Gasteiger partial charge in [-0.1, -0.05) is 17.7 Å². The Labute approximate surface area is 94.2 Å². The van der Waals surface area contributed by atoms with Crippen molar-refractivity contribution in [3.05, 3.63) is 34.6 Å². The average molecular weight is 232 g/mol. The number of rotatable bonds is 5. The number of hydrogen-bond donors (Lipinski definition) is 1. The minimum atomic E-state index is -0.412. The van der Waals surface area contributed by atoms with Crippen molar-refractivity contribution in [3.63, 3.8) is 0 Å². The number of hydrogen-bond acceptors (Lipinski definition) is 2. The Morgan fingerprint density at radius 3 is 2.87 bits per heavy atom. The second-order valence-corrected chi connectivity index (χ2v) is 3.82. The first-order valence-electron chi connectivity index (χ1n) is 4.84. The third kappa shape index (κ3) is 3.78. The van der Waals surface area contributed by atoms with Crippen molar-refractivity contribution in [2.24, 2.45) is 5.73 Å². The van der Waals surface area contributed by atoms with Crippen molar-refractivity contribution in [1.82, 2.24) is 0 Å². The predicted octanol–water partition coefficient (Wildman–Crippen LogP) is 2.91. The van der Waals surface area contributed by atoms with Crippen molar-refractivity contribution < 1.29 is 9.13 Å². The second-order valence-electron chi connectivity index (χ2n) is 3.42. The van der Waals surface area contributed by atoms with E-state index < -0.39 is 5.82 Å². The Morgan fingerprint density at radius 2 is 2.27 bits per heavy atom. The summed E-state index contributed by atoms with van der Waals surface area (Å²) in [4.78, 5) is 0. The number of nitrogens with two attached hydrogens (primary N) is 1. The lowest BCUT2D eigenvalue weighted by molar-refractivity contribution is 0.190. The molecule has 0 aromatic heterocycles. The minimum absolute atomic E-state index is 0.113. The highest BCUT2D eigenvalue weighted by atomic mass is 35.5. The molecule has 1 aromatic carbocycles. The molecule has 0 aliphatic heterocycles. The molecule has 1 atom stereocenters. The van der Waals surface area contributed by atoms with Crippen LogP contribution in [0.4, 0.5) is 4.39 Å². The summed E-state index contributed by atoms with van der Waals surface area (Å²) in [5.41, 5.74) is 6.78. The van der Waals surface area contributed by atoms with Crippen LogP contribution in [0, 0.1) is 5.82 Å². The molecular weight excluding hydrogens is 217 g/mol. The minimum Gasteiger partial charge on any atom is -0.385 e. The van der Waals surface area contributed by atoms with Gasteiger partial charge >= 0.3 is 0 Å². The molecule has 0 saturated carbocycles. The summed E-state index contributed by atoms with van der Waals surface area (Å²) in [5.74, 6) is -0.412. The Morgan fingerprint density at radius 1 is 1.53 bits per heavy atom. The van der Waals surface area contributed by atoms with E-state index in [-0.39, 0.29) is 11.1 Å². The van der Waals surface area contributed by atoms with E-state index >= 15 is 0 Å². The molecule has 0 saturated heterocycles. The van der Waals surface area contributed by atoms with Gasteiger partial charge in [0.25, 0.3) is 0 Å². The molecule has 1 rings (SSSR count). The molecule has 0 amide bonds. The Balaban J connectivity index is 2.57. The van der Waals surface area contributed by atoms with Gasteiger partial charge in [-0.05, 0) is 30.5 Å². The third-order valence-electron chi connectivity index (χ3n) is 2.24. The van der Waals surface area contributed by atoms with Gasteiger partial charge in [-0.3, -0.25) is 0 Å².